The maximum atomic E-state index is 14.5. The highest BCUT2D eigenvalue weighted by atomic mass is 79.9. The summed E-state index contributed by atoms with van der Waals surface area (Å²) in [5.41, 5.74) is 2.95. The predicted octanol–water partition coefficient (Wildman–Crippen LogP) is 7.09. The summed E-state index contributed by atoms with van der Waals surface area (Å²) in [6, 6.07) is 24.5. The van der Waals surface area contributed by atoms with Crippen LogP contribution in [-0.4, -0.2) is 30.4 Å². The summed E-state index contributed by atoms with van der Waals surface area (Å²) in [7, 11) is 1.56. The molecule has 1 atom stereocenters. The lowest BCUT2D eigenvalue weighted by atomic mass is 9.95. The van der Waals surface area contributed by atoms with Crippen LogP contribution >= 0.6 is 27.3 Å². The largest absolute Gasteiger partial charge is 0.493 e. The average molecular weight is 728 g/mol. The molecule has 1 aromatic heterocycles. The lowest BCUT2D eigenvalue weighted by Gasteiger charge is -2.25. The van der Waals surface area contributed by atoms with Gasteiger partial charge in [0.2, 0.25) is 0 Å². The van der Waals surface area contributed by atoms with Gasteiger partial charge in [0.05, 0.1) is 41.7 Å². The van der Waals surface area contributed by atoms with E-state index in [-0.39, 0.29) is 18.3 Å². The molecule has 0 unspecified atom stereocenters. The number of rotatable bonds is 10. The Morgan fingerprint density at radius 3 is 2.50 bits per heavy atom. The van der Waals surface area contributed by atoms with E-state index in [1.807, 2.05) is 86.7 Å². The van der Waals surface area contributed by atoms with Crippen LogP contribution in [0.4, 0.5) is 0 Å². The van der Waals surface area contributed by atoms with Crippen molar-refractivity contribution in [3.05, 3.63) is 131 Å². The lowest BCUT2D eigenvalue weighted by molar-refractivity contribution is -0.139. The van der Waals surface area contributed by atoms with Crippen molar-refractivity contribution in [1.82, 2.24) is 4.57 Å². The molecule has 2 heterocycles. The number of carbonyl (C=O) groups excluding carboxylic acids is 1. The molecule has 0 bridgehead atoms. The Balaban J connectivity index is 1.52. The van der Waals surface area contributed by atoms with Crippen LogP contribution in [0.5, 0.6) is 17.2 Å². The number of benzene rings is 4. The van der Waals surface area contributed by atoms with Crippen molar-refractivity contribution >= 4 is 50.1 Å². The van der Waals surface area contributed by atoms with E-state index in [0.717, 1.165) is 26.4 Å². The van der Waals surface area contributed by atoms with Gasteiger partial charge in [0.1, 0.15) is 12.4 Å². The van der Waals surface area contributed by atoms with Crippen molar-refractivity contribution in [3.8, 4) is 17.2 Å². The number of hydrogen-bond acceptors (Lipinski definition) is 8. The molecule has 5 aromatic rings. The third kappa shape index (κ3) is 6.68. The Hall–Kier alpha value is -4.67. The summed E-state index contributed by atoms with van der Waals surface area (Å²) in [4.78, 5) is 33.1. The molecule has 0 fully saturated rings. The molecule has 1 aliphatic heterocycles. The molecular formula is C38H35BrN2O6S. The maximum Gasteiger partial charge on any atom is 0.338 e. The first kappa shape index (κ1) is 33.2. The maximum absolute atomic E-state index is 14.5. The Labute approximate surface area is 290 Å². The van der Waals surface area contributed by atoms with E-state index in [1.165, 1.54) is 11.3 Å². The third-order valence-corrected chi connectivity index (χ3v) is 9.41. The van der Waals surface area contributed by atoms with Crippen molar-refractivity contribution in [2.45, 2.75) is 46.4 Å². The SMILES string of the molecule is CCOC(=O)C1=C(C)N=c2s/c(=C/c3c(OCc4ccc(Br)cc4)ccc4ccccc34)c(=O)n2[C@@H]1c1ccc(OC(C)C)c(OC)c1. The summed E-state index contributed by atoms with van der Waals surface area (Å²) in [6.45, 7) is 7.92. The van der Waals surface area contributed by atoms with E-state index in [4.69, 9.17) is 23.9 Å². The van der Waals surface area contributed by atoms with Gasteiger partial charge in [-0.15, -0.1) is 0 Å². The molecule has 6 rings (SSSR count). The van der Waals surface area contributed by atoms with Crippen LogP contribution in [0.1, 0.15) is 50.4 Å². The first-order valence-corrected chi connectivity index (χ1v) is 17.2. The number of esters is 1. The number of hydrogen-bond donors (Lipinski definition) is 0. The van der Waals surface area contributed by atoms with E-state index in [2.05, 4.69) is 15.9 Å². The zero-order valence-corrected chi connectivity index (χ0v) is 29.7. The van der Waals surface area contributed by atoms with E-state index in [1.54, 1.807) is 37.7 Å². The highest BCUT2D eigenvalue weighted by Gasteiger charge is 2.34. The van der Waals surface area contributed by atoms with Crippen molar-refractivity contribution < 1.29 is 23.7 Å². The van der Waals surface area contributed by atoms with Crippen LogP contribution < -0.4 is 29.1 Å². The molecular weight excluding hydrogens is 692 g/mol. The van der Waals surface area contributed by atoms with Gasteiger partial charge in [-0.2, -0.15) is 0 Å². The summed E-state index contributed by atoms with van der Waals surface area (Å²) in [5.74, 6) is 1.17. The van der Waals surface area contributed by atoms with Crippen LogP contribution in [0, 0.1) is 0 Å². The van der Waals surface area contributed by atoms with Gasteiger partial charge < -0.3 is 18.9 Å². The number of aromatic nitrogens is 1. The highest BCUT2D eigenvalue weighted by Crippen LogP contribution is 2.37. The van der Waals surface area contributed by atoms with Gasteiger partial charge in [-0.3, -0.25) is 9.36 Å². The minimum absolute atomic E-state index is 0.0718. The number of allylic oxidation sites excluding steroid dienone is 1. The van der Waals surface area contributed by atoms with Crippen LogP contribution in [-0.2, 0) is 16.1 Å². The highest BCUT2D eigenvalue weighted by molar-refractivity contribution is 9.10. The Bertz CT molecular complexity index is 2220. The van der Waals surface area contributed by atoms with Gasteiger partial charge in [0, 0.05) is 10.0 Å². The number of methoxy groups -OCH3 is 1. The molecule has 4 aromatic carbocycles. The van der Waals surface area contributed by atoms with Crippen LogP contribution in [0.2, 0.25) is 0 Å². The first-order valence-electron chi connectivity index (χ1n) is 15.6. The molecule has 8 nitrogen and oxygen atoms in total. The second kappa shape index (κ2) is 14.2. The number of ether oxygens (including phenoxy) is 4. The topological polar surface area (TPSA) is 88.4 Å². The fourth-order valence-corrected chi connectivity index (χ4v) is 7.03. The van der Waals surface area contributed by atoms with Crippen molar-refractivity contribution in [1.29, 1.82) is 0 Å². The van der Waals surface area contributed by atoms with E-state index >= 15 is 0 Å². The molecule has 0 saturated carbocycles. The summed E-state index contributed by atoms with van der Waals surface area (Å²) in [6.07, 6.45) is 1.79. The van der Waals surface area contributed by atoms with Crippen LogP contribution in [0.25, 0.3) is 16.8 Å². The average Bonchev–Trinajstić information content (AvgIpc) is 3.38. The third-order valence-electron chi connectivity index (χ3n) is 7.90. The molecule has 0 radical (unpaired) electrons. The summed E-state index contributed by atoms with van der Waals surface area (Å²) < 4.78 is 26.5. The molecule has 0 amide bonds. The normalized spacial score (nSPS) is 14.6. The number of halogens is 1. The van der Waals surface area contributed by atoms with Crippen molar-refractivity contribution in [2.24, 2.45) is 4.99 Å². The standard InChI is InChI=1S/C38H35BrN2O6S/c1-6-45-37(43)34-23(4)40-38-41(35(34)26-14-18-31(47-22(2)3)32(19-26)44-5)36(42)33(48-38)20-29-28-10-8-7-9-25(28)13-17-30(29)46-21-24-11-15-27(39)16-12-24/h7-20,22,35H,6,21H2,1-5H3/b33-20+/t35-/m1/s1. The fraction of sp³-hybridized carbons (Fsp3) is 0.237. The molecule has 48 heavy (non-hydrogen) atoms. The quantitative estimate of drug-likeness (QED) is 0.143. The molecule has 0 spiro atoms. The van der Waals surface area contributed by atoms with Crippen LogP contribution in [0.15, 0.2) is 104 Å². The molecule has 246 valence electrons. The van der Waals surface area contributed by atoms with Gasteiger partial charge >= 0.3 is 5.97 Å². The van der Waals surface area contributed by atoms with Gasteiger partial charge in [0.25, 0.3) is 5.56 Å². The molecule has 0 saturated heterocycles. The van der Waals surface area contributed by atoms with Crippen molar-refractivity contribution in [3.63, 3.8) is 0 Å². The Kier molecular flexibility index (Phi) is 9.84. The number of nitrogens with zero attached hydrogens (tertiary/aromatic N) is 2. The molecule has 0 aliphatic carbocycles. The molecule has 10 heteroatoms. The minimum atomic E-state index is -0.801. The van der Waals surface area contributed by atoms with Gasteiger partial charge in [-0.1, -0.05) is 75.8 Å². The zero-order chi connectivity index (χ0) is 33.9. The fourth-order valence-electron chi connectivity index (χ4n) is 5.74. The monoisotopic (exact) mass is 726 g/mol. The Morgan fingerprint density at radius 1 is 1.02 bits per heavy atom. The van der Waals surface area contributed by atoms with E-state index < -0.39 is 12.0 Å². The van der Waals surface area contributed by atoms with Gasteiger partial charge in [-0.05, 0) is 86.0 Å². The smallest absolute Gasteiger partial charge is 0.338 e. The summed E-state index contributed by atoms with van der Waals surface area (Å²) >= 11 is 4.75. The Morgan fingerprint density at radius 2 is 1.77 bits per heavy atom. The number of thiazole rings is 1. The molecule has 0 N–H and O–H groups in total. The van der Waals surface area contributed by atoms with Gasteiger partial charge in [-0.25, -0.2) is 9.79 Å². The zero-order valence-electron chi connectivity index (χ0n) is 27.3. The number of fused-ring (bicyclic) bond motifs is 2. The second-order valence-electron chi connectivity index (χ2n) is 11.5. The van der Waals surface area contributed by atoms with E-state index in [9.17, 15) is 9.59 Å². The molecule has 1 aliphatic rings. The number of carbonyl (C=O) groups is 1. The van der Waals surface area contributed by atoms with Gasteiger partial charge in [0.15, 0.2) is 16.3 Å². The van der Waals surface area contributed by atoms with Crippen LogP contribution in [0.3, 0.4) is 0 Å². The minimum Gasteiger partial charge on any atom is -0.493 e. The second-order valence-corrected chi connectivity index (χ2v) is 13.4. The predicted molar refractivity (Wildman–Crippen MR) is 192 cm³/mol. The first-order chi connectivity index (χ1) is 23.2. The summed E-state index contributed by atoms with van der Waals surface area (Å²) in [5, 5.41) is 1.96. The lowest BCUT2D eigenvalue weighted by Crippen LogP contribution is -2.40. The van der Waals surface area contributed by atoms with E-state index in [0.29, 0.717) is 50.0 Å². The van der Waals surface area contributed by atoms with Crippen molar-refractivity contribution in [2.75, 3.05) is 13.7 Å².